The lowest BCUT2D eigenvalue weighted by molar-refractivity contribution is -0.139. The zero-order chi connectivity index (χ0) is 16.8. The van der Waals surface area contributed by atoms with Gasteiger partial charge in [-0.25, -0.2) is 0 Å². The van der Waals surface area contributed by atoms with Gasteiger partial charge < -0.3 is 15.0 Å². The molecule has 3 rings (SSSR count). The van der Waals surface area contributed by atoms with E-state index in [-0.39, 0.29) is 29.3 Å². The molecule has 5 heteroatoms. The minimum atomic E-state index is 0.0435. The van der Waals surface area contributed by atoms with Crippen molar-refractivity contribution in [3.63, 3.8) is 0 Å². The molecule has 0 aromatic heterocycles. The molecule has 0 aliphatic carbocycles. The van der Waals surface area contributed by atoms with E-state index >= 15 is 0 Å². The Bertz CT molecular complexity index is 555. The first-order valence-corrected chi connectivity index (χ1v) is 8.77. The van der Waals surface area contributed by atoms with Gasteiger partial charge in [0.1, 0.15) is 5.84 Å². The van der Waals surface area contributed by atoms with Crippen LogP contribution < -0.4 is 5.32 Å². The highest BCUT2D eigenvalue weighted by Crippen LogP contribution is 2.40. The number of ether oxygens (including phenoxy) is 1. The smallest absolute Gasteiger partial charge is 0.228 e. The third kappa shape index (κ3) is 3.03. The summed E-state index contributed by atoms with van der Waals surface area (Å²) in [7, 11) is 0. The molecule has 3 aliphatic rings. The number of nitrogens with zero attached hydrogens (tertiary/aromatic N) is 2. The zero-order valence-corrected chi connectivity index (χ0v) is 15.0. The molecule has 23 heavy (non-hydrogen) atoms. The van der Waals surface area contributed by atoms with Crippen molar-refractivity contribution in [2.75, 3.05) is 19.8 Å². The van der Waals surface area contributed by atoms with Crippen molar-refractivity contribution in [1.82, 2.24) is 10.2 Å². The van der Waals surface area contributed by atoms with E-state index in [9.17, 15) is 4.79 Å². The highest BCUT2D eigenvalue weighted by molar-refractivity contribution is 5.86. The molecule has 0 aromatic carbocycles. The summed E-state index contributed by atoms with van der Waals surface area (Å²) in [5.41, 5.74) is 2.89. The molecular formula is C18H29N3O2. The number of amides is 1. The zero-order valence-electron chi connectivity index (χ0n) is 15.0. The van der Waals surface area contributed by atoms with Gasteiger partial charge in [-0.15, -0.1) is 0 Å². The average Bonchev–Trinajstić information content (AvgIpc) is 2.76. The molecule has 0 radical (unpaired) electrons. The van der Waals surface area contributed by atoms with Crippen LogP contribution in [-0.4, -0.2) is 48.5 Å². The summed E-state index contributed by atoms with van der Waals surface area (Å²) in [4.78, 5) is 19.5. The number of aliphatic imine (C=N–C) groups is 1. The second-order valence-corrected chi connectivity index (χ2v) is 7.94. The molecule has 3 heterocycles. The number of hydrogen-bond donors (Lipinski definition) is 1. The summed E-state index contributed by atoms with van der Waals surface area (Å²) in [6.45, 7) is 13.1. The van der Waals surface area contributed by atoms with E-state index in [0.29, 0.717) is 13.2 Å². The molecule has 1 amide bonds. The average molecular weight is 319 g/mol. The summed E-state index contributed by atoms with van der Waals surface area (Å²) in [5, 5.41) is 3.22. The van der Waals surface area contributed by atoms with E-state index in [4.69, 9.17) is 9.73 Å². The normalized spacial score (nSPS) is 28.4. The van der Waals surface area contributed by atoms with E-state index in [1.165, 1.54) is 11.3 Å². The molecule has 2 atom stereocenters. The Balaban J connectivity index is 1.82. The van der Waals surface area contributed by atoms with Gasteiger partial charge in [-0.3, -0.25) is 9.79 Å². The Hall–Kier alpha value is -1.36. The summed E-state index contributed by atoms with van der Waals surface area (Å²) in [5.74, 6) is 1.34. The molecule has 5 nitrogen and oxygen atoms in total. The van der Waals surface area contributed by atoms with Gasteiger partial charge in [-0.1, -0.05) is 27.7 Å². The maximum absolute atomic E-state index is 12.2. The summed E-state index contributed by atoms with van der Waals surface area (Å²) in [6, 6.07) is 0.406. The topological polar surface area (TPSA) is 53.9 Å². The van der Waals surface area contributed by atoms with Crippen LogP contribution in [0.15, 0.2) is 16.3 Å². The van der Waals surface area contributed by atoms with Crippen molar-refractivity contribution in [2.24, 2.45) is 16.3 Å². The van der Waals surface area contributed by atoms with Crippen LogP contribution in [0.25, 0.3) is 0 Å². The van der Waals surface area contributed by atoms with Crippen molar-refractivity contribution < 1.29 is 9.53 Å². The van der Waals surface area contributed by atoms with Gasteiger partial charge in [-0.05, 0) is 17.9 Å². The Morgan fingerprint density at radius 1 is 1.39 bits per heavy atom. The molecule has 3 aliphatic heterocycles. The number of hydrogen-bond acceptors (Lipinski definition) is 4. The second kappa shape index (κ2) is 5.93. The first kappa shape index (κ1) is 16.5. The lowest BCUT2D eigenvalue weighted by Crippen LogP contribution is -2.47. The van der Waals surface area contributed by atoms with Crippen LogP contribution >= 0.6 is 0 Å². The summed E-state index contributed by atoms with van der Waals surface area (Å²) >= 11 is 0. The van der Waals surface area contributed by atoms with Crippen molar-refractivity contribution in [3.8, 4) is 0 Å². The summed E-state index contributed by atoms with van der Waals surface area (Å²) in [6.07, 6.45) is 1.84. The van der Waals surface area contributed by atoms with Gasteiger partial charge in [0.25, 0.3) is 0 Å². The highest BCUT2D eigenvalue weighted by Gasteiger charge is 2.40. The number of carbonyl (C=O) groups is 1. The SMILES string of the molecule is CCC1=N[C@@H](C)C(C(C)(C)C)=C2C[C@H](NC(=O)C3COC3)CN12. The maximum atomic E-state index is 12.2. The number of fused-ring (bicyclic) bond motifs is 1. The minimum absolute atomic E-state index is 0.0435. The standard InChI is InChI=1S/C18H29N3O2/c1-6-15-19-11(2)16(18(3,4)5)14-7-13(8-21(14)15)20-17(22)12-9-23-10-12/h11-13H,6-10H2,1-5H3,(H,20,22)/t11-,13-/m0/s1. The van der Waals surface area contributed by atoms with Gasteiger partial charge >= 0.3 is 0 Å². The van der Waals surface area contributed by atoms with Gasteiger partial charge in [0.05, 0.1) is 31.2 Å². The van der Waals surface area contributed by atoms with Crippen LogP contribution in [-0.2, 0) is 9.53 Å². The van der Waals surface area contributed by atoms with Crippen molar-refractivity contribution in [2.45, 2.75) is 59.5 Å². The number of carbonyl (C=O) groups excluding carboxylic acids is 1. The molecule has 2 fully saturated rings. The lowest BCUT2D eigenvalue weighted by atomic mass is 9.80. The van der Waals surface area contributed by atoms with E-state index in [1.807, 2.05) is 0 Å². The van der Waals surface area contributed by atoms with Crippen LogP contribution in [0.5, 0.6) is 0 Å². The number of amidine groups is 1. The van der Waals surface area contributed by atoms with Crippen LogP contribution in [0.2, 0.25) is 0 Å². The van der Waals surface area contributed by atoms with Gasteiger partial charge in [0.15, 0.2) is 0 Å². The van der Waals surface area contributed by atoms with E-state index < -0.39 is 0 Å². The molecule has 128 valence electrons. The Kier molecular flexibility index (Phi) is 4.25. The van der Waals surface area contributed by atoms with Crippen molar-refractivity contribution in [3.05, 3.63) is 11.3 Å². The Morgan fingerprint density at radius 3 is 2.61 bits per heavy atom. The molecule has 2 saturated heterocycles. The lowest BCUT2D eigenvalue weighted by Gasteiger charge is -2.37. The first-order valence-electron chi connectivity index (χ1n) is 8.77. The molecule has 0 bridgehead atoms. The predicted octanol–water partition coefficient (Wildman–Crippen LogP) is 2.33. The maximum Gasteiger partial charge on any atom is 0.228 e. The van der Waals surface area contributed by atoms with E-state index in [1.54, 1.807) is 0 Å². The van der Waals surface area contributed by atoms with Crippen LogP contribution in [0.4, 0.5) is 0 Å². The molecule has 0 aromatic rings. The Labute approximate surface area is 139 Å². The van der Waals surface area contributed by atoms with E-state index in [0.717, 1.165) is 25.2 Å². The second-order valence-electron chi connectivity index (χ2n) is 7.94. The van der Waals surface area contributed by atoms with Crippen molar-refractivity contribution >= 4 is 11.7 Å². The first-order chi connectivity index (χ1) is 10.8. The number of rotatable bonds is 3. The monoisotopic (exact) mass is 319 g/mol. The fourth-order valence-electron chi connectivity index (χ4n) is 4.00. The third-order valence-corrected chi connectivity index (χ3v) is 5.03. The van der Waals surface area contributed by atoms with Crippen LogP contribution in [0, 0.1) is 11.3 Å². The largest absolute Gasteiger partial charge is 0.380 e. The molecule has 0 spiro atoms. The van der Waals surface area contributed by atoms with Crippen molar-refractivity contribution in [1.29, 1.82) is 0 Å². The fourth-order valence-corrected chi connectivity index (χ4v) is 4.00. The molecule has 1 N–H and O–H groups in total. The highest BCUT2D eigenvalue weighted by atomic mass is 16.5. The van der Waals surface area contributed by atoms with Gasteiger partial charge in [-0.2, -0.15) is 0 Å². The summed E-state index contributed by atoms with van der Waals surface area (Å²) < 4.78 is 5.13. The predicted molar refractivity (Wildman–Crippen MR) is 91.2 cm³/mol. The van der Waals surface area contributed by atoms with Gasteiger partial charge in [0.2, 0.25) is 5.91 Å². The fraction of sp³-hybridized carbons (Fsp3) is 0.778. The van der Waals surface area contributed by atoms with E-state index in [2.05, 4.69) is 44.8 Å². The molecule has 0 saturated carbocycles. The van der Waals surface area contributed by atoms with Crippen LogP contribution in [0.3, 0.4) is 0 Å². The third-order valence-electron chi connectivity index (χ3n) is 5.03. The van der Waals surface area contributed by atoms with Gasteiger partial charge in [0, 0.05) is 25.1 Å². The number of nitrogens with one attached hydrogen (secondary N) is 1. The minimum Gasteiger partial charge on any atom is -0.380 e. The quantitative estimate of drug-likeness (QED) is 0.868. The van der Waals surface area contributed by atoms with Crippen LogP contribution in [0.1, 0.15) is 47.5 Å². The Morgan fingerprint density at radius 2 is 2.09 bits per heavy atom. The molecular weight excluding hydrogens is 290 g/mol. The molecule has 0 unspecified atom stereocenters.